The van der Waals surface area contributed by atoms with Crippen molar-refractivity contribution in [2.24, 2.45) is 0 Å². The molecular weight excluding hydrogens is 356 g/mol. The fourth-order valence-electron chi connectivity index (χ4n) is 3.72. The summed E-state index contributed by atoms with van der Waals surface area (Å²) in [6.45, 7) is 8.13. The molecule has 1 unspecified atom stereocenters. The van der Waals surface area contributed by atoms with E-state index < -0.39 is 11.9 Å². The van der Waals surface area contributed by atoms with Gasteiger partial charge in [-0.25, -0.2) is 0 Å². The molecule has 0 spiro atoms. The highest BCUT2D eigenvalue weighted by molar-refractivity contribution is 5.69. The Balaban J connectivity index is 4.33. The highest BCUT2D eigenvalue weighted by Crippen LogP contribution is 2.15. The van der Waals surface area contributed by atoms with Crippen molar-refractivity contribution in [3.63, 3.8) is 0 Å². The van der Waals surface area contributed by atoms with Crippen molar-refractivity contribution in [3.8, 4) is 0 Å². The quantitative estimate of drug-likeness (QED) is 0.293. The lowest BCUT2D eigenvalue weighted by atomic mass is 10.0. The Labute approximate surface area is 172 Å². The number of carboxylic acid groups (broad SMARTS) is 2. The van der Waals surface area contributed by atoms with Crippen molar-refractivity contribution in [1.82, 2.24) is 9.80 Å². The lowest BCUT2D eigenvalue weighted by Gasteiger charge is -2.33. The molecule has 6 nitrogen and oxygen atoms in total. The third kappa shape index (κ3) is 14.9. The predicted octanol–water partition coefficient (Wildman–Crippen LogP) is 4.48. The maximum atomic E-state index is 11.2. The van der Waals surface area contributed by atoms with Gasteiger partial charge in [-0.3, -0.25) is 19.4 Å². The average Bonchev–Trinajstić information content (AvgIpc) is 2.65. The molecule has 166 valence electrons. The summed E-state index contributed by atoms with van der Waals surface area (Å²) in [6, 6.07) is 0.0921. The zero-order valence-electron chi connectivity index (χ0n) is 18.5. The van der Waals surface area contributed by atoms with Crippen LogP contribution >= 0.6 is 0 Å². The second kappa shape index (κ2) is 17.9. The summed E-state index contributed by atoms with van der Waals surface area (Å²) in [5.74, 6) is -1.66. The second-order valence-corrected chi connectivity index (χ2v) is 7.80. The molecule has 6 heteroatoms. The van der Waals surface area contributed by atoms with Crippen molar-refractivity contribution < 1.29 is 19.8 Å². The molecule has 0 amide bonds. The van der Waals surface area contributed by atoms with E-state index in [9.17, 15) is 14.7 Å². The van der Waals surface area contributed by atoms with Crippen LogP contribution in [0.3, 0.4) is 0 Å². The van der Waals surface area contributed by atoms with Gasteiger partial charge in [-0.1, -0.05) is 85.0 Å². The van der Waals surface area contributed by atoms with Gasteiger partial charge in [0, 0.05) is 12.6 Å². The molecule has 0 rings (SSSR count). The number of hydrogen-bond donors (Lipinski definition) is 2. The van der Waals surface area contributed by atoms with Gasteiger partial charge in [0.05, 0.1) is 13.1 Å². The van der Waals surface area contributed by atoms with Crippen LogP contribution in [-0.4, -0.2) is 70.7 Å². The highest BCUT2D eigenvalue weighted by Gasteiger charge is 2.22. The molecule has 0 radical (unpaired) electrons. The van der Waals surface area contributed by atoms with Gasteiger partial charge in [-0.2, -0.15) is 0 Å². The van der Waals surface area contributed by atoms with Gasteiger partial charge >= 0.3 is 11.9 Å². The Hall–Kier alpha value is -1.14. The van der Waals surface area contributed by atoms with Gasteiger partial charge in [-0.15, -0.1) is 0 Å². The fraction of sp³-hybridized carbons (Fsp3) is 0.909. The van der Waals surface area contributed by atoms with E-state index in [2.05, 4.69) is 6.92 Å². The van der Waals surface area contributed by atoms with Crippen LogP contribution in [0.15, 0.2) is 0 Å². The summed E-state index contributed by atoms with van der Waals surface area (Å²) in [4.78, 5) is 26.1. The van der Waals surface area contributed by atoms with E-state index in [4.69, 9.17) is 5.11 Å². The lowest BCUT2D eigenvalue weighted by molar-refractivity contribution is -0.140. The molecule has 0 saturated carbocycles. The Morgan fingerprint density at radius 1 is 0.714 bits per heavy atom. The smallest absolute Gasteiger partial charge is 0.317 e. The van der Waals surface area contributed by atoms with Gasteiger partial charge in [0.2, 0.25) is 0 Å². The van der Waals surface area contributed by atoms with Gasteiger partial charge < -0.3 is 10.2 Å². The molecule has 0 aliphatic carbocycles. The van der Waals surface area contributed by atoms with Crippen LogP contribution in [0.25, 0.3) is 0 Å². The molecule has 0 heterocycles. The van der Waals surface area contributed by atoms with E-state index in [0.717, 1.165) is 12.8 Å². The first kappa shape index (κ1) is 26.9. The Kier molecular flexibility index (Phi) is 17.2. The molecule has 28 heavy (non-hydrogen) atoms. The Bertz CT molecular complexity index is 404. The van der Waals surface area contributed by atoms with E-state index in [1.807, 2.05) is 23.6 Å². The van der Waals surface area contributed by atoms with Gasteiger partial charge in [-0.05, 0) is 19.5 Å². The second-order valence-electron chi connectivity index (χ2n) is 7.80. The zero-order chi connectivity index (χ0) is 21.2. The normalized spacial score (nSPS) is 12.6. The van der Waals surface area contributed by atoms with Crippen LogP contribution in [0.5, 0.6) is 0 Å². The summed E-state index contributed by atoms with van der Waals surface area (Å²) in [5.41, 5.74) is 0. The number of rotatable bonds is 20. The van der Waals surface area contributed by atoms with Crippen LogP contribution in [-0.2, 0) is 9.59 Å². The number of carboxylic acids is 2. The first-order chi connectivity index (χ1) is 13.4. The molecular formula is C22H44N2O4. The standard InChI is InChI=1S/C22H44N2O4/c1-4-7-8-9-10-11-12-13-14-15-16-20(24(6-3)19-22(27)28)17-23(5-2)18-21(25)26/h20H,4-19H2,1-3H3,(H,25,26)(H,27,28). The third-order valence-corrected chi connectivity index (χ3v) is 5.43. The topological polar surface area (TPSA) is 81.1 Å². The molecule has 0 aliphatic heterocycles. The Morgan fingerprint density at radius 2 is 1.21 bits per heavy atom. The number of hydrogen-bond acceptors (Lipinski definition) is 4. The minimum absolute atomic E-state index is 0.00958. The monoisotopic (exact) mass is 400 g/mol. The Morgan fingerprint density at radius 3 is 1.64 bits per heavy atom. The average molecular weight is 401 g/mol. The highest BCUT2D eigenvalue weighted by atomic mass is 16.4. The van der Waals surface area contributed by atoms with Gasteiger partial charge in [0.25, 0.3) is 0 Å². The fourth-order valence-corrected chi connectivity index (χ4v) is 3.72. The summed E-state index contributed by atoms with van der Waals surface area (Å²) in [6.07, 6.45) is 13.7. The van der Waals surface area contributed by atoms with Gasteiger partial charge in [0.15, 0.2) is 0 Å². The van der Waals surface area contributed by atoms with E-state index in [1.165, 1.54) is 57.8 Å². The van der Waals surface area contributed by atoms with Crippen molar-refractivity contribution in [2.75, 3.05) is 32.7 Å². The molecule has 0 fully saturated rings. The first-order valence-electron chi connectivity index (χ1n) is 11.3. The SMILES string of the molecule is CCCCCCCCCCCCC(CN(CC)CC(=O)O)N(CC)CC(=O)O. The van der Waals surface area contributed by atoms with E-state index in [1.54, 1.807) is 0 Å². The van der Waals surface area contributed by atoms with Crippen LogP contribution in [0.2, 0.25) is 0 Å². The zero-order valence-corrected chi connectivity index (χ0v) is 18.5. The summed E-state index contributed by atoms with van der Waals surface area (Å²) in [5, 5.41) is 18.3. The van der Waals surface area contributed by atoms with Crippen molar-refractivity contribution >= 4 is 11.9 Å². The predicted molar refractivity (Wildman–Crippen MR) is 115 cm³/mol. The summed E-state index contributed by atoms with van der Waals surface area (Å²) < 4.78 is 0. The number of carbonyl (C=O) groups is 2. The van der Waals surface area contributed by atoms with Crippen LogP contribution in [0.1, 0.15) is 91.4 Å². The summed E-state index contributed by atoms with van der Waals surface area (Å²) in [7, 11) is 0. The third-order valence-electron chi connectivity index (χ3n) is 5.43. The molecule has 0 saturated heterocycles. The molecule has 0 bridgehead atoms. The maximum Gasteiger partial charge on any atom is 0.317 e. The van der Waals surface area contributed by atoms with Crippen LogP contribution in [0.4, 0.5) is 0 Å². The number of likely N-dealkylation sites (N-methyl/N-ethyl adjacent to an activating group) is 2. The first-order valence-corrected chi connectivity index (χ1v) is 11.3. The van der Waals surface area contributed by atoms with Crippen molar-refractivity contribution in [3.05, 3.63) is 0 Å². The molecule has 2 N–H and O–H groups in total. The number of unbranched alkanes of at least 4 members (excludes halogenated alkanes) is 9. The summed E-state index contributed by atoms with van der Waals surface area (Å²) >= 11 is 0. The van der Waals surface area contributed by atoms with Gasteiger partial charge in [0.1, 0.15) is 0 Å². The van der Waals surface area contributed by atoms with Crippen molar-refractivity contribution in [1.29, 1.82) is 0 Å². The van der Waals surface area contributed by atoms with E-state index in [-0.39, 0.29) is 19.1 Å². The maximum absolute atomic E-state index is 11.2. The molecule has 1 atom stereocenters. The minimum atomic E-state index is -0.833. The van der Waals surface area contributed by atoms with E-state index in [0.29, 0.717) is 19.6 Å². The number of nitrogens with zero attached hydrogens (tertiary/aromatic N) is 2. The van der Waals surface area contributed by atoms with Crippen LogP contribution < -0.4 is 0 Å². The molecule has 0 aromatic heterocycles. The van der Waals surface area contributed by atoms with Crippen molar-refractivity contribution in [2.45, 2.75) is 97.4 Å². The number of aliphatic carboxylic acids is 2. The molecule has 0 aliphatic rings. The van der Waals surface area contributed by atoms with E-state index >= 15 is 0 Å². The minimum Gasteiger partial charge on any atom is -0.480 e. The largest absolute Gasteiger partial charge is 0.480 e. The lowest BCUT2D eigenvalue weighted by Crippen LogP contribution is -2.47. The molecule has 0 aromatic rings. The van der Waals surface area contributed by atoms with Crippen LogP contribution in [0, 0.1) is 0 Å². The molecule has 0 aromatic carbocycles.